The fourth-order valence-electron chi connectivity index (χ4n) is 3.34. The molecule has 0 bridgehead atoms. The highest BCUT2D eigenvalue weighted by atomic mass is 32.1. The van der Waals surface area contributed by atoms with E-state index in [0.29, 0.717) is 24.3 Å². The number of nitrogens with two attached hydrogens (primary N) is 1. The molecule has 116 valence electrons. The summed E-state index contributed by atoms with van der Waals surface area (Å²) in [6, 6.07) is 1.07. The second-order valence-corrected chi connectivity index (χ2v) is 6.46. The van der Waals surface area contributed by atoms with Gasteiger partial charge in [-0.3, -0.25) is 0 Å². The lowest BCUT2D eigenvalue weighted by atomic mass is 9.97. The molecule has 3 heterocycles. The van der Waals surface area contributed by atoms with Gasteiger partial charge in [-0.2, -0.15) is 4.37 Å². The van der Waals surface area contributed by atoms with E-state index in [0.717, 1.165) is 24.4 Å². The number of hydrogen-bond acceptors (Lipinski definition) is 7. The Bertz CT molecular complexity index is 519. The van der Waals surface area contributed by atoms with E-state index in [1.54, 1.807) is 6.92 Å². The van der Waals surface area contributed by atoms with Crippen molar-refractivity contribution < 1.29 is 9.53 Å². The molecule has 7 heteroatoms. The number of nitrogens with zero attached hydrogens (tertiary/aromatic N) is 2. The van der Waals surface area contributed by atoms with Gasteiger partial charge in [0.1, 0.15) is 10.6 Å². The monoisotopic (exact) mass is 310 g/mol. The van der Waals surface area contributed by atoms with E-state index >= 15 is 0 Å². The molecular formula is C14H22N4O2S. The molecule has 2 fully saturated rings. The van der Waals surface area contributed by atoms with Gasteiger partial charge in [-0.1, -0.05) is 0 Å². The molecule has 2 atom stereocenters. The molecule has 0 saturated carbocycles. The van der Waals surface area contributed by atoms with E-state index in [1.165, 1.54) is 30.9 Å². The highest BCUT2D eigenvalue weighted by Crippen LogP contribution is 2.32. The number of fused-ring (bicyclic) bond motifs is 1. The Balaban J connectivity index is 1.69. The first-order valence-corrected chi connectivity index (χ1v) is 8.39. The number of rotatable bonds is 4. The number of carbonyl (C=O) groups excluding carboxylic acids is 1. The van der Waals surface area contributed by atoms with Crippen LogP contribution in [-0.4, -0.2) is 47.0 Å². The van der Waals surface area contributed by atoms with E-state index in [4.69, 9.17) is 10.5 Å². The van der Waals surface area contributed by atoms with Crippen LogP contribution in [0.25, 0.3) is 0 Å². The Morgan fingerprint density at radius 1 is 1.52 bits per heavy atom. The van der Waals surface area contributed by atoms with E-state index < -0.39 is 0 Å². The molecule has 21 heavy (non-hydrogen) atoms. The lowest BCUT2D eigenvalue weighted by molar-refractivity contribution is 0.0529. The zero-order valence-electron chi connectivity index (χ0n) is 12.3. The Labute approximate surface area is 128 Å². The first-order chi connectivity index (χ1) is 10.2. The van der Waals surface area contributed by atoms with E-state index in [9.17, 15) is 4.79 Å². The molecule has 3 N–H and O–H groups in total. The predicted molar refractivity (Wildman–Crippen MR) is 83.7 cm³/mol. The van der Waals surface area contributed by atoms with Crippen molar-refractivity contribution in [3.63, 3.8) is 0 Å². The molecule has 0 radical (unpaired) electrons. The number of ether oxygens (including phenoxy) is 1. The van der Waals surface area contributed by atoms with Gasteiger partial charge in [-0.15, -0.1) is 0 Å². The first kappa shape index (κ1) is 14.6. The zero-order chi connectivity index (χ0) is 14.8. The SMILES string of the molecule is CCOC(=O)c1c(N)nsc1NC1CCN2CCCC2C1. The minimum atomic E-state index is -0.385. The van der Waals surface area contributed by atoms with Gasteiger partial charge in [0.05, 0.1) is 6.61 Å². The van der Waals surface area contributed by atoms with Crippen LogP contribution in [-0.2, 0) is 4.74 Å². The standard InChI is InChI=1S/C14H22N4O2S/c1-2-20-14(19)11-12(15)17-21-13(11)16-9-5-7-18-6-3-4-10(18)8-9/h9-10,16H,2-8H2,1H3,(H2,15,17). The van der Waals surface area contributed by atoms with E-state index in [1.807, 2.05) is 0 Å². The van der Waals surface area contributed by atoms with Gasteiger partial charge in [-0.25, -0.2) is 4.79 Å². The summed E-state index contributed by atoms with van der Waals surface area (Å²) in [6.45, 7) is 4.50. The van der Waals surface area contributed by atoms with Crippen molar-refractivity contribution in [3.8, 4) is 0 Å². The maximum Gasteiger partial charge on any atom is 0.344 e. The molecule has 0 aromatic carbocycles. The third-order valence-corrected chi connectivity index (χ3v) is 5.15. The van der Waals surface area contributed by atoms with Crippen LogP contribution >= 0.6 is 11.5 Å². The van der Waals surface area contributed by atoms with Gasteiger partial charge in [0.2, 0.25) is 0 Å². The summed E-state index contributed by atoms with van der Waals surface area (Å²) in [4.78, 5) is 14.6. The molecule has 1 aromatic rings. The van der Waals surface area contributed by atoms with Crippen molar-refractivity contribution in [2.75, 3.05) is 30.7 Å². The Morgan fingerprint density at radius 2 is 2.38 bits per heavy atom. The average molecular weight is 310 g/mol. The van der Waals surface area contributed by atoms with Crippen molar-refractivity contribution in [2.45, 2.75) is 44.7 Å². The van der Waals surface area contributed by atoms with Gasteiger partial charge < -0.3 is 20.7 Å². The molecule has 0 aliphatic carbocycles. The summed E-state index contributed by atoms with van der Waals surface area (Å²) in [7, 11) is 0. The molecule has 2 saturated heterocycles. The highest BCUT2D eigenvalue weighted by molar-refractivity contribution is 7.11. The molecule has 0 spiro atoms. The van der Waals surface area contributed by atoms with E-state index in [2.05, 4.69) is 14.6 Å². The summed E-state index contributed by atoms with van der Waals surface area (Å²) in [6.07, 6.45) is 4.81. The third kappa shape index (κ3) is 2.98. The van der Waals surface area contributed by atoms with Crippen molar-refractivity contribution in [2.24, 2.45) is 0 Å². The average Bonchev–Trinajstić information content (AvgIpc) is 3.05. The van der Waals surface area contributed by atoms with Crippen LogP contribution < -0.4 is 11.1 Å². The first-order valence-electron chi connectivity index (χ1n) is 7.62. The number of carbonyl (C=O) groups is 1. The highest BCUT2D eigenvalue weighted by Gasteiger charge is 2.32. The van der Waals surface area contributed by atoms with Crippen molar-refractivity contribution >= 4 is 28.3 Å². The number of aromatic nitrogens is 1. The van der Waals surface area contributed by atoms with Crippen LogP contribution in [0.5, 0.6) is 0 Å². The molecule has 2 aliphatic rings. The number of piperidine rings is 1. The second-order valence-electron chi connectivity index (χ2n) is 5.69. The number of esters is 1. The molecular weight excluding hydrogens is 288 g/mol. The van der Waals surface area contributed by atoms with Crippen LogP contribution in [0.4, 0.5) is 10.8 Å². The Morgan fingerprint density at radius 3 is 3.19 bits per heavy atom. The van der Waals surface area contributed by atoms with Crippen LogP contribution in [0.2, 0.25) is 0 Å². The minimum absolute atomic E-state index is 0.263. The van der Waals surface area contributed by atoms with Crippen molar-refractivity contribution in [3.05, 3.63) is 5.56 Å². The number of anilines is 2. The topological polar surface area (TPSA) is 80.5 Å². The normalized spacial score (nSPS) is 25.6. The summed E-state index contributed by atoms with van der Waals surface area (Å²) >= 11 is 1.25. The fourth-order valence-corrected chi connectivity index (χ4v) is 4.12. The summed E-state index contributed by atoms with van der Waals surface area (Å²) in [5, 5.41) is 4.22. The van der Waals surface area contributed by atoms with Gasteiger partial charge in [0.15, 0.2) is 5.82 Å². The molecule has 2 aliphatic heterocycles. The summed E-state index contributed by atoms with van der Waals surface area (Å²) in [5.41, 5.74) is 6.21. The lowest BCUT2D eigenvalue weighted by Gasteiger charge is -2.35. The fraction of sp³-hybridized carbons (Fsp3) is 0.714. The Hall–Kier alpha value is -1.34. The van der Waals surface area contributed by atoms with Crippen molar-refractivity contribution in [1.82, 2.24) is 9.27 Å². The van der Waals surface area contributed by atoms with Crippen LogP contribution in [0.15, 0.2) is 0 Å². The number of nitrogens with one attached hydrogen (secondary N) is 1. The number of nitrogen functional groups attached to an aromatic ring is 1. The summed E-state index contributed by atoms with van der Waals surface area (Å²) < 4.78 is 9.16. The van der Waals surface area contributed by atoms with Crippen LogP contribution in [0.1, 0.15) is 43.0 Å². The third-order valence-electron chi connectivity index (χ3n) is 4.35. The van der Waals surface area contributed by atoms with E-state index in [-0.39, 0.29) is 11.8 Å². The largest absolute Gasteiger partial charge is 0.462 e. The minimum Gasteiger partial charge on any atom is -0.462 e. The predicted octanol–water partition coefficient (Wildman–Crippen LogP) is 1.94. The molecule has 3 rings (SSSR count). The Kier molecular flexibility index (Phi) is 4.30. The zero-order valence-corrected chi connectivity index (χ0v) is 13.1. The van der Waals surface area contributed by atoms with Gasteiger partial charge in [0.25, 0.3) is 0 Å². The maximum absolute atomic E-state index is 12.0. The lowest BCUT2D eigenvalue weighted by Crippen LogP contribution is -2.42. The second kappa shape index (κ2) is 6.19. The van der Waals surface area contributed by atoms with Crippen LogP contribution in [0, 0.1) is 0 Å². The number of hydrogen-bond donors (Lipinski definition) is 2. The van der Waals surface area contributed by atoms with Gasteiger partial charge >= 0.3 is 5.97 Å². The van der Waals surface area contributed by atoms with Gasteiger partial charge in [-0.05, 0) is 50.7 Å². The quantitative estimate of drug-likeness (QED) is 0.827. The van der Waals surface area contributed by atoms with Crippen LogP contribution in [0.3, 0.4) is 0 Å². The maximum atomic E-state index is 12.0. The molecule has 2 unspecified atom stereocenters. The molecule has 6 nitrogen and oxygen atoms in total. The van der Waals surface area contributed by atoms with Gasteiger partial charge in [0, 0.05) is 18.6 Å². The molecule has 1 aromatic heterocycles. The van der Waals surface area contributed by atoms with Crippen molar-refractivity contribution in [1.29, 1.82) is 0 Å². The summed E-state index contributed by atoms with van der Waals surface area (Å²) in [5.74, 6) is -0.121. The molecule has 0 amide bonds. The smallest absolute Gasteiger partial charge is 0.344 e.